The molecule has 0 aliphatic heterocycles. The molecule has 6 nitrogen and oxygen atoms in total. The van der Waals surface area contributed by atoms with Gasteiger partial charge in [-0.05, 0) is 24.1 Å². The van der Waals surface area contributed by atoms with Gasteiger partial charge in [0.1, 0.15) is 12.6 Å². The highest BCUT2D eigenvalue weighted by Gasteiger charge is 2.21. The number of carbonyl (C=O) groups is 2. The summed E-state index contributed by atoms with van der Waals surface area (Å²) < 4.78 is 5.09. The van der Waals surface area contributed by atoms with Crippen molar-refractivity contribution in [3.63, 3.8) is 0 Å². The highest BCUT2D eigenvalue weighted by Crippen LogP contribution is 2.07. The van der Waals surface area contributed by atoms with Crippen LogP contribution in [0.25, 0.3) is 0 Å². The van der Waals surface area contributed by atoms with Gasteiger partial charge in [-0.3, -0.25) is 4.79 Å². The van der Waals surface area contributed by atoms with Crippen LogP contribution in [-0.4, -0.2) is 29.8 Å². The first-order valence-electron chi connectivity index (χ1n) is 7.63. The van der Waals surface area contributed by atoms with E-state index in [1.54, 1.807) is 24.3 Å². The lowest BCUT2D eigenvalue weighted by Crippen LogP contribution is -2.44. The van der Waals surface area contributed by atoms with E-state index in [2.05, 4.69) is 10.6 Å². The molecule has 2 rings (SSSR count). The quantitative estimate of drug-likeness (QED) is 0.728. The molecule has 6 heteroatoms. The third kappa shape index (κ3) is 5.73. The van der Waals surface area contributed by atoms with Crippen molar-refractivity contribution in [2.75, 3.05) is 11.9 Å². The molecular formula is C18H20N2O4. The van der Waals surface area contributed by atoms with Gasteiger partial charge in [-0.1, -0.05) is 48.5 Å². The average Bonchev–Trinajstić information content (AvgIpc) is 2.61. The highest BCUT2D eigenvalue weighted by molar-refractivity contribution is 5.96. The molecule has 0 spiro atoms. The summed E-state index contributed by atoms with van der Waals surface area (Å²) in [6.45, 7) is -0.120. The molecule has 24 heavy (non-hydrogen) atoms. The number of amides is 2. The summed E-state index contributed by atoms with van der Waals surface area (Å²) in [5.74, 6) is -0.410. The fourth-order valence-corrected chi connectivity index (χ4v) is 2.06. The van der Waals surface area contributed by atoms with Crippen LogP contribution in [0.15, 0.2) is 60.7 Å². The third-order valence-corrected chi connectivity index (χ3v) is 3.28. The normalized spacial score (nSPS) is 11.4. The summed E-state index contributed by atoms with van der Waals surface area (Å²) in [5, 5.41) is 14.3. The molecule has 1 atom stereocenters. The first-order valence-corrected chi connectivity index (χ1v) is 7.63. The van der Waals surface area contributed by atoms with Gasteiger partial charge in [0.2, 0.25) is 5.91 Å². The molecule has 0 aromatic heterocycles. The molecule has 0 aliphatic rings. The van der Waals surface area contributed by atoms with Crippen LogP contribution in [0, 0.1) is 0 Å². The van der Waals surface area contributed by atoms with Crippen LogP contribution < -0.4 is 10.6 Å². The molecule has 0 saturated heterocycles. The Balaban J connectivity index is 1.87. The van der Waals surface area contributed by atoms with Crippen molar-refractivity contribution in [1.82, 2.24) is 5.32 Å². The number of aliphatic hydroxyl groups excluding tert-OH is 1. The van der Waals surface area contributed by atoms with Gasteiger partial charge in [-0.2, -0.15) is 0 Å². The lowest BCUT2D eigenvalue weighted by atomic mass is 10.2. The number of anilines is 1. The van der Waals surface area contributed by atoms with Gasteiger partial charge in [0, 0.05) is 12.3 Å². The van der Waals surface area contributed by atoms with E-state index >= 15 is 0 Å². The fourth-order valence-electron chi connectivity index (χ4n) is 2.06. The van der Waals surface area contributed by atoms with Crippen LogP contribution in [0.4, 0.5) is 10.5 Å². The van der Waals surface area contributed by atoms with Crippen molar-refractivity contribution in [1.29, 1.82) is 0 Å². The van der Waals surface area contributed by atoms with Crippen molar-refractivity contribution in [2.45, 2.75) is 19.1 Å². The van der Waals surface area contributed by atoms with Crippen molar-refractivity contribution in [2.24, 2.45) is 0 Å². The smallest absolute Gasteiger partial charge is 0.408 e. The molecule has 2 aromatic rings. The number of rotatable bonds is 7. The zero-order chi connectivity index (χ0) is 17.2. The molecule has 0 radical (unpaired) electrons. The van der Waals surface area contributed by atoms with E-state index in [0.717, 1.165) is 5.56 Å². The molecule has 0 saturated carbocycles. The van der Waals surface area contributed by atoms with E-state index in [1.807, 2.05) is 36.4 Å². The van der Waals surface area contributed by atoms with E-state index < -0.39 is 18.0 Å². The molecule has 3 N–H and O–H groups in total. The topological polar surface area (TPSA) is 87.7 Å². The number of alkyl carbamates (subject to hydrolysis) is 1. The number of hydrogen-bond acceptors (Lipinski definition) is 4. The Morgan fingerprint density at radius 2 is 1.62 bits per heavy atom. The second-order valence-corrected chi connectivity index (χ2v) is 5.13. The Morgan fingerprint density at radius 3 is 2.25 bits per heavy atom. The largest absolute Gasteiger partial charge is 0.445 e. The van der Waals surface area contributed by atoms with Crippen molar-refractivity contribution >= 4 is 17.7 Å². The summed E-state index contributed by atoms with van der Waals surface area (Å²) in [5.41, 5.74) is 1.46. The van der Waals surface area contributed by atoms with Gasteiger partial charge in [0.05, 0.1) is 0 Å². The Bertz CT molecular complexity index is 647. The summed E-state index contributed by atoms with van der Waals surface area (Å²) in [4.78, 5) is 24.1. The van der Waals surface area contributed by atoms with Crippen molar-refractivity contribution in [3.8, 4) is 0 Å². The minimum absolute atomic E-state index is 0.0963. The maximum atomic E-state index is 12.2. The number of ether oxygens (including phenoxy) is 1. The van der Waals surface area contributed by atoms with E-state index in [1.165, 1.54) is 0 Å². The highest BCUT2D eigenvalue weighted by atomic mass is 16.5. The SMILES string of the molecule is O=C(N[C@@H](CCO)C(=O)Nc1ccccc1)OCc1ccccc1. The summed E-state index contributed by atoms with van der Waals surface area (Å²) in [7, 11) is 0. The minimum Gasteiger partial charge on any atom is -0.445 e. The second kappa shape index (κ2) is 9.32. The van der Waals surface area contributed by atoms with E-state index in [9.17, 15) is 9.59 Å². The van der Waals surface area contributed by atoms with E-state index in [0.29, 0.717) is 5.69 Å². The molecular weight excluding hydrogens is 308 g/mol. The standard InChI is InChI=1S/C18H20N2O4/c21-12-11-16(17(22)19-15-9-5-2-6-10-15)20-18(23)24-13-14-7-3-1-4-8-14/h1-10,16,21H,11-13H2,(H,19,22)(H,20,23)/t16-/m0/s1. The third-order valence-electron chi connectivity index (χ3n) is 3.28. The van der Waals surface area contributed by atoms with Crippen LogP contribution >= 0.6 is 0 Å². The Kier molecular flexibility index (Phi) is 6.79. The number of benzene rings is 2. The molecule has 0 bridgehead atoms. The molecule has 0 aliphatic carbocycles. The van der Waals surface area contributed by atoms with Crippen molar-refractivity contribution in [3.05, 3.63) is 66.2 Å². The maximum absolute atomic E-state index is 12.2. The molecule has 2 aromatic carbocycles. The first kappa shape index (κ1) is 17.5. The van der Waals surface area contributed by atoms with Gasteiger partial charge >= 0.3 is 6.09 Å². The molecule has 0 heterocycles. The molecule has 0 fully saturated rings. The Hall–Kier alpha value is -2.86. The predicted molar refractivity (Wildman–Crippen MR) is 90.3 cm³/mol. The van der Waals surface area contributed by atoms with Crippen molar-refractivity contribution < 1.29 is 19.4 Å². The van der Waals surface area contributed by atoms with Crippen LogP contribution in [-0.2, 0) is 16.1 Å². The van der Waals surface area contributed by atoms with Gasteiger partial charge in [-0.15, -0.1) is 0 Å². The Labute approximate surface area is 140 Å². The number of aliphatic hydroxyl groups is 1. The van der Waals surface area contributed by atoms with Gasteiger partial charge in [0.25, 0.3) is 0 Å². The lowest BCUT2D eigenvalue weighted by Gasteiger charge is -2.17. The monoisotopic (exact) mass is 328 g/mol. The number of hydrogen-bond donors (Lipinski definition) is 3. The summed E-state index contributed by atoms with van der Waals surface area (Å²) in [6.07, 6.45) is -0.612. The fraction of sp³-hybridized carbons (Fsp3) is 0.222. The number of nitrogens with one attached hydrogen (secondary N) is 2. The number of carbonyl (C=O) groups excluding carboxylic acids is 2. The predicted octanol–water partition coefficient (Wildman–Crippen LogP) is 2.30. The Morgan fingerprint density at radius 1 is 1.00 bits per heavy atom. The molecule has 126 valence electrons. The zero-order valence-corrected chi connectivity index (χ0v) is 13.1. The van der Waals surface area contributed by atoms with Crippen LogP contribution in [0.3, 0.4) is 0 Å². The van der Waals surface area contributed by atoms with Gasteiger partial charge < -0.3 is 20.5 Å². The average molecular weight is 328 g/mol. The van der Waals surface area contributed by atoms with E-state index in [-0.39, 0.29) is 19.6 Å². The molecule has 0 unspecified atom stereocenters. The van der Waals surface area contributed by atoms with Crippen LogP contribution in [0.5, 0.6) is 0 Å². The molecule has 2 amide bonds. The zero-order valence-electron chi connectivity index (χ0n) is 13.1. The van der Waals surface area contributed by atoms with Crippen LogP contribution in [0.1, 0.15) is 12.0 Å². The minimum atomic E-state index is -0.876. The maximum Gasteiger partial charge on any atom is 0.408 e. The van der Waals surface area contributed by atoms with Crippen LogP contribution in [0.2, 0.25) is 0 Å². The second-order valence-electron chi connectivity index (χ2n) is 5.13. The van der Waals surface area contributed by atoms with E-state index in [4.69, 9.17) is 9.84 Å². The summed E-state index contributed by atoms with van der Waals surface area (Å²) >= 11 is 0. The lowest BCUT2D eigenvalue weighted by molar-refractivity contribution is -0.118. The van der Waals surface area contributed by atoms with Gasteiger partial charge in [0.15, 0.2) is 0 Å². The first-order chi connectivity index (χ1) is 11.7. The number of para-hydroxylation sites is 1. The van der Waals surface area contributed by atoms with Gasteiger partial charge in [-0.25, -0.2) is 4.79 Å². The summed E-state index contributed by atoms with van der Waals surface area (Å²) in [6, 6.07) is 17.2.